The molecule has 0 saturated heterocycles. The van der Waals surface area contributed by atoms with Crippen LogP contribution in [0.1, 0.15) is 26.7 Å². The number of nitrogens with one attached hydrogen (secondary N) is 1. The molecular formula is C14H21ClN2OS. The van der Waals surface area contributed by atoms with E-state index in [0.29, 0.717) is 22.8 Å². The quantitative estimate of drug-likeness (QED) is 0.590. The van der Waals surface area contributed by atoms with Crippen molar-refractivity contribution in [1.29, 1.82) is 0 Å². The zero-order valence-electron chi connectivity index (χ0n) is 11.4. The van der Waals surface area contributed by atoms with Crippen molar-refractivity contribution in [2.24, 2.45) is 5.92 Å². The molecule has 5 heteroatoms. The Morgan fingerprint density at radius 1 is 1.42 bits per heavy atom. The number of halogens is 1. The number of thioether (sulfide) groups is 1. The van der Waals surface area contributed by atoms with Crippen LogP contribution in [0.5, 0.6) is 0 Å². The molecule has 0 aromatic heterocycles. The second kappa shape index (κ2) is 8.33. The summed E-state index contributed by atoms with van der Waals surface area (Å²) in [5.74, 6) is 2.65. The average molecular weight is 301 g/mol. The predicted octanol–water partition coefficient (Wildman–Crippen LogP) is 4.03. The summed E-state index contributed by atoms with van der Waals surface area (Å²) >= 11 is 7.81. The van der Waals surface area contributed by atoms with Gasteiger partial charge in [-0.05, 0) is 36.3 Å². The van der Waals surface area contributed by atoms with Crippen LogP contribution in [0.2, 0.25) is 5.02 Å². The van der Waals surface area contributed by atoms with E-state index in [1.165, 1.54) is 6.42 Å². The van der Waals surface area contributed by atoms with Crippen molar-refractivity contribution in [2.75, 3.05) is 22.6 Å². The zero-order valence-corrected chi connectivity index (χ0v) is 13.0. The summed E-state index contributed by atoms with van der Waals surface area (Å²) in [6.45, 7) is 4.41. The highest BCUT2D eigenvalue weighted by Gasteiger charge is 2.06. The van der Waals surface area contributed by atoms with E-state index < -0.39 is 0 Å². The molecule has 3 N–H and O–H groups in total. The Labute approximate surface area is 124 Å². The number of nitrogens with two attached hydrogens (primary N) is 1. The third-order valence-electron chi connectivity index (χ3n) is 2.58. The van der Waals surface area contributed by atoms with Crippen LogP contribution >= 0.6 is 23.4 Å². The van der Waals surface area contributed by atoms with Crippen LogP contribution in [0.3, 0.4) is 0 Å². The lowest BCUT2D eigenvalue weighted by Gasteiger charge is -2.08. The molecule has 0 atom stereocenters. The maximum atomic E-state index is 11.7. The van der Waals surface area contributed by atoms with Gasteiger partial charge in [0.05, 0.1) is 10.7 Å². The normalized spacial score (nSPS) is 10.7. The number of anilines is 2. The first-order valence-electron chi connectivity index (χ1n) is 6.41. The molecule has 0 heterocycles. The smallest absolute Gasteiger partial charge is 0.225 e. The van der Waals surface area contributed by atoms with Crippen molar-refractivity contribution < 1.29 is 4.79 Å². The van der Waals surface area contributed by atoms with Gasteiger partial charge in [-0.1, -0.05) is 25.4 Å². The lowest BCUT2D eigenvalue weighted by Crippen LogP contribution is -2.12. The fraction of sp³-hybridized carbons (Fsp3) is 0.500. The number of nitrogen functional groups attached to an aromatic ring is 1. The van der Waals surface area contributed by atoms with Crippen molar-refractivity contribution in [3.8, 4) is 0 Å². The molecular weight excluding hydrogens is 280 g/mol. The summed E-state index contributed by atoms with van der Waals surface area (Å²) in [6.07, 6.45) is 1.69. The SMILES string of the molecule is CC(C)CCSCCC(=O)Nc1ccc(N)cc1Cl. The topological polar surface area (TPSA) is 55.1 Å². The molecule has 106 valence electrons. The van der Waals surface area contributed by atoms with E-state index in [2.05, 4.69) is 19.2 Å². The van der Waals surface area contributed by atoms with Gasteiger partial charge in [-0.2, -0.15) is 11.8 Å². The highest BCUT2D eigenvalue weighted by Crippen LogP contribution is 2.24. The first-order valence-corrected chi connectivity index (χ1v) is 7.95. The number of hydrogen-bond acceptors (Lipinski definition) is 3. The third-order valence-corrected chi connectivity index (χ3v) is 3.91. The molecule has 0 radical (unpaired) electrons. The van der Waals surface area contributed by atoms with E-state index in [-0.39, 0.29) is 5.91 Å². The van der Waals surface area contributed by atoms with E-state index >= 15 is 0 Å². The molecule has 1 aromatic rings. The average Bonchev–Trinajstić information content (AvgIpc) is 2.32. The minimum absolute atomic E-state index is 0.0104. The molecule has 3 nitrogen and oxygen atoms in total. The monoisotopic (exact) mass is 300 g/mol. The maximum Gasteiger partial charge on any atom is 0.225 e. The van der Waals surface area contributed by atoms with Gasteiger partial charge in [0.2, 0.25) is 5.91 Å². The molecule has 0 spiro atoms. The van der Waals surface area contributed by atoms with Gasteiger partial charge >= 0.3 is 0 Å². The Kier molecular flexibility index (Phi) is 7.10. The van der Waals surface area contributed by atoms with Gasteiger partial charge in [-0.3, -0.25) is 4.79 Å². The summed E-state index contributed by atoms with van der Waals surface area (Å²) in [7, 11) is 0. The molecule has 0 aliphatic carbocycles. The zero-order chi connectivity index (χ0) is 14.3. The fourth-order valence-electron chi connectivity index (χ4n) is 1.43. The lowest BCUT2D eigenvalue weighted by atomic mass is 10.2. The van der Waals surface area contributed by atoms with Crippen LogP contribution < -0.4 is 11.1 Å². The molecule has 19 heavy (non-hydrogen) atoms. The summed E-state index contributed by atoms with van der Waals surface area (Å²) in [6, 6.07) is 5.08. The summed E-state index contributed by atoms with van der Waals surface area (Å²) in [5.41, 5.74) is 6.80. The van der Waals surface area contributed by atoms with E-state index in [9.17, 15) is 4.79 Å². The van der Waals surface area contributed by atoms with Gasteiger partial charge in [-0.25, -0.2) is 0 Å². The van der Waals surface area contributed by atoms with E-state index in [1.54, 1.807) is 18.2 Å². The molecule has 0 aliphatic rings. The number of rotatable bonds is 7. The van der Waals surface area contributed by atoms with Crippen LogP contribution in [0.15, 0.2) is 18.2 Å². The van der Waals surface area contributed by atoms with Crippen LogP contribution in [-0.4, -0.2) is 17.4 Å². The van der Waals surface area contributed by atoms with Crippen molar-refractivity contribution in [3.63, 3.8) is 0 Å². The Morgan fingerprint density at radius 3 is 2.79 bits per heavy atom. The number of hydrogen-bond donors (Lipinski definition) is 2. The standard InChI is InChI=1S/C14H21ClN2OS/c1-10(2)5-7-19-8-6-14(18)17-13-4-3-11(16)9-12(13)15/h3-4,9-10H,5-8,16H2,1-2H3,(H,17,18). The van der Waals surface area contributed by atoms with E-state index in [4.69, 9.17) is 17.3 Å². The highest BCUT2D eigenvalue weighted by molar-refractivity contribution is 7.99. The van der Waals surface area contributed by atoms with Gasteiger partial charge in [-0.15, -0.1) is 0 Å². The Balaban J connectivity index is 2.27. The van der Waals surface area contributed by atoms with Crippen molar-refractivity contribution in [1.82, 2.24) is 0 Å². The van der Waals surface area contributed by atoms with Crippen LogP contribution in [0.4, 0.5) is 11.4 Å². The fourth-order valence-corrected chi connectivity index (χ4v) is 2.84. The van der Waals surface area contributed by atoms with Crippen molar-refractivity contribution in [3.05, 3.63) is 23.2 Å². The van der Waals surface area contributed by atoms with Gasteiger partial charge in [0.25, 0.3) is 0 Å². The van der Waals surface area contributed by atoms with Gasteiger partial charge in [0, 0.05) is 17.9 Å². The molecule has 0 fully saturated rings. The molecule has 1 aromatic carbocycles. The Hall–Kier alpha value is -0.870. The van der Waals surface area contributed by atoms with Crippen LogP contribution in [0.25, 0.3) is 0 Å². The number of benzene rings is 1. The summed E-state index contributed by atoms with van der Waals surface area (Å²) < 4.78 is 0. The molecule has 0 bridgehead atoms. The van der Waals surface area contributed by atoms with E-state index in [1.807, 2.05) is 11.8 Å². The largest absolute Gasteiger partial charge is 0.399 e. The van der Waals surface area contributed by atoms with Crippen LogP contribution in [-0.2, 0) is 4.79 Å². The molecule has 1 rings (SSSR count). The minimum atomic E-state index is -0.0104. The first kappa shape index (κ1) is 16.2. The number of carbonyl (C=O) groups is 1. The Bertz CT molecular complexity index is 424. The van der Waals surface area contributed by atoms with Crippen LogP contribution in [0, 0.1) is 5.92 Å². The second-order valence-corrected chi connectivity index (χ2v) is 6.46. The second-order valence-electron chi connectivity index (χ2n) is 4.83. The summed E-state index contributed by atoms with van der Waals surface area (Å²) in [4.78, 5) is 11.7. The summed E-state index contributed by atoms with van der Waals surface area (Å²) in [5, 5.41) is 3.27. The van der Waals surface area contributed by atoms with Crippen molar-refractivity contribution >= 4 is 40.6 Å². The Morgan fingerprint density at radius 2 is 2.16 bits per heavy atom. The number of carbonyl (C=O) groups excluding carboxylic acids is 1. The molecule has 0 aliphatic heterocycles. The maximum absolute atomic E-state index is 11.7. The predicted molar refractivity (Wildman–Crippen MR) is 85.9 cm³/mol. The van der Waals surface area contributed by atoms with Crippen molar-refractivity contribution in [2.45, 2.75) is 26.7 Å². The van der Waals surface area contributed by atoms with Gasteiger partial charge < -0.3 is 11.1 Å². The first-order chi connectivity index (χ1) is 8.99. The number of amides is 1. The third kappa shape index (κ3) is 6.73. The molecule has 0 saturated carbocycles. The molecule has 0 unspecified atom stereocenters. The molecule has 1 amide bonds. The van der Waals surface area contributed by atoms with Gasteiger partial charge in [0.1, 0.15) is 0 Å². The minimum Gasteiger partial charge on any atom is -0.399 e. The lowest BCUT2D eigenvalue weighted by molar-refractivity contribution is -0.115. The van der Waals surface area contributed by atoms with E-state index in [0.717, 1.165) is 17.4 Å². The highest BCUT2D eigenvalue weighted by atomic mass is 35.5. The van der Waals surface area contributed by atoms with Gasteiger partial charge in [0.15, 0.2) is 0 Å².